The van der Waals surface area contributed by atoms with Crippen LogP contribution in [-0.2, 0) is 14.7 Å². The van der Waals surface area contributed by atoms with Gasteiger partial charge in [-0.15, -0.1) is 9.35 Å². The lowest BCUT2D eigenvalue weighted by atomic mass is 10.0. The molecule has 1 aromatic carbocycles. The summed E-state index contributed by atoms with van der Waals surface area (Å²) in [6.45, 7) is 0.415. The summed E-state index contributed by atoms with van der Waals surface area (Å²) in [7, 11) is -5.10. The quantitative estimate of drug-likeness (QED) is 0.380. The topological polar surface area (TPSA) is 141 Å². The largest absolute Gasteiger partial charge is 0.509 e. The van der Waals surface area contributed by atoms with E-state index in [-0.39, 0.29) is 29.7 Å². The van der Waals surface area contributed by atoms with Crippen LogP contribution >= 0.6 is 11.6 Å². The van der Waals surface area contributed by atoms with Crippen LogP contribution in [0.1, 0.15) is 24.4 Å². The standard InChI is InChI=1S/C20H18ClFN6O6S/c21-15-4-3-12(22)8-14(15)16-2-1-6-26(16)18-5-7-27-19(24-18)17(9-23-27)28(34-35(31,32)33)20(30)25-10-13(29)11-25/h3-5,7-10,16,29H,1-2,6,11H2,(H,31,32,33)/t16-/m1/s1. The van der Waals surface area contributed by atoms with Crippen molar-refractivity contribution in [2.75, 3.05) is 23.1 Å². The van der Waals surface area contributed by atoms with Crippen molar-refractivity contribution in [3.63, 3.8) is 0 Å². The minimum atomic E-state index is -5.10. The van der Waals surface area contributed by atoms with Gasteiger partial charge in [-0.3, -0.25) is 9.45 Å². The third-order valence-corrected chi connectivity index (χ3v) is 6.33. The molecule has 2 aromatic heterocycles. The smallest absolute Gasteiger partial charge is 0.419 e. The van der Waals surface area contributed by atoms with E-state index in [1.807, 2.05) is 4.90 Å². The van der Waals surface area contributed by atoms with E-state index in [0.717, 1.165) is 23.7 Å². The second kappa shape index (κ2) is 8.64. The van der Waals surface area contributed by atoms with Gasteiger partial charge in [-0.1, -0.05) is 11.6 Å². The van der Waals surface area contributed by atoms with Gasteiger partial charge >= 0.3 is 16.4 Å². The number of fused-ring (bicyclic) bond motifs is 1. The number of hydrogen-bond acceptors (Lipinski definition) is 8. The van der Waals surface area contributed by atoms with Crippen molar-refractivity contribution < 1.29 is 31.5 Å². The third-order valence-electron chi connectivity index (χ3n) is 5.64. The maximum absolute atomic E-state index is 13.9. The highest BCUT2D eigenvalue weighted by Crippen LogP contribution is 2.39. The Kier molecular flexibility index (Phi) is 5.75. The van der Waals surface area contributed by atoms with E-state index >= 15 is 0 Å². The molecule has 1 saturated heterocycles. The average molecular weight is 525 g/mol. The number of halogens is 2. The number of urea groups is 1. The molecular weight excluding hydrogens is 507 g/mol. The number of aliphatic hydroxyl groups is 1. The maximum atomic E-state index is 13.9. The number of amides is 2. The van der Waals surface area contributed by atoms with Crippen LogP contribution in [0.3, 0.4) is 0 Å². The van der Waals surface area contributed by atoms with Gasteiger partial charge in [0.2, 0.25) is 0 Å². The molecule has 2 amide bonds. The molecule has 1 atom stereocenters. The zero-order valence-corrected chi connectivity index (χ0v) is 19.4. The van der Waals surface area contributed by atoms with E-state index < -0.39 is 22.2 Å². The Morgan fingerprint density at radius 3 is 2.80 bits per heavy atom. The van der Waals surface area contributed by atoms with Gasteiger partial charge in [-0.05, 0) is 42.7 Å². The second-order valence-corrected chi connectivity index (χ2v) is 9.34. The van der Waals surface area contributed by atoms with Crippen molar-refractivity contribution >= 4 is 45.2 Å². The lowest BCUT2D eigenvalue weighted by molar-refractivity contribution is 0.169. The average Bonchev–Trinajstić information content (AvgIpc) is 3.42. The number of aromatic nitrogens is 3. The Labute approximate surface area is 203 Å². The fourth-order valence-electron chi connectivity index (χ4n) is 4.12. The van der Waals surface area contributed by atoms with Gasteiger partial charge < -0.3 is 10.0 Å². The summed E-state index contributed by atoms with van der Waals surface area (Å²) in [4.78, 5) is 20.2. The van der Waals surface area contributed by atoms with Crippen molar-refractivity contribution in [1.82, 2.24) is 19.5 Å². The van der Waals surface area contributed by atoms with Gasteiger partial charge in [-0.25, -0.2) is 18.7 Å². The van der Waals surface area contributed by atoms with Crippen LogP contribution in [0, 0.1) is 5.82 Å². The fourth-order valence-corrected chi connectivity index (χ4v) is 4.70. The summed E-state index contributed by atoms with van der Waals surface area (Å²) in [6.07, 6.45) is 5.25. The summed E-state index contributed by atoms with van der Waals surface area (Å²) in [5, 5.41) is 14.2. The molecule has 5 rings (SSSR count). The predicted octanol–water partition coefficient (Wildman–Crippen LogP) is 3.24. The van der Waals surface area contributed by atoms with E-state index in [2.05, 4.69) is 14.4 Å². The first-order valence-electron chi connectivity index (χ1n) is 10.3. The SMILES string of the molecule is O=C(N1C=C(O)C1)N(OS(=O)(=O)O)c1cnn2ccc(N3CCC[C@@H]3c3cc(F)ccc3Cl)nc12. The van der Waals surface area contributed by atoms with Crippen molar-refractivity contribution in [1.29, 1.82) is 0 Å². The number of hydroxylamine groups is 1. The maximum Gasteiger partial charge on any atom is 0.419 e. The van der Waals surface area contributed by atoms with Crippen LogP contribution in [-0.4, -0.2) is 56.7 Å². The first-order chi connectivity index (χ1) is 16.6. The van der Waals surface area contributed by atoms with E-state index in [4.69, 9.17) is 11.6 Å². The molecule has 35 heavy (non-hydrogen) atoms. The Hall–Kier alpha value is -3.46. The zero-order valence-electron chi connectivity index (χ0n) is 17.8. The van der Waals surface area contributed by atoms with Crippen LogP contribution in [0.4, 0.5) is 20.7 Å². The number of aliphatic hydroxyl groups excluding tert-OH is 1. The molecule has 12 nitrogen and oxygen atoms in total. The lowest BCUT2D eigenvalue weighted by Crippen LogP contribution is -2.46. The van der Waals surface area contributed by atoms with E-state index in [9.17, 15) is 27.3 Å². The molecule has 0 radical (unpaired) electrons. The van der Waals surface area contributed by atoms with Gasteiger partial charge in [0.15, 0.2) is 5.65 Å². The van der Waals surface area contributed by atoms with Gasteiger partial charge in [0.25, 0.3) is 0 Å². The number of anilines is 2. The predicted molar refractivity (Wildman–Crippen MR) is 122 cm³/mol. The number of benzene rings is 1. The number of carbonyl (C=O) groups excluding carboxylic acids is 1. The fraction of sp³-hybridized carbons (Fsp3) is 0.250. The van der Waals surface area contributed by atoms with Crippen LogP contribution < -0.4 is 9.96 Å². The molecule has 0 aliphatic carbocycles. The van der Waals surface area contributed by atoms with Crippen LogP contribution in [0.2, 0.25) is 5.02 Å². The van der Waals surface area contributed by atoms with Gasteiger partial charge in [0.1, 0.15) is 23.1 Å². The highest BCUT2D eigenvalue weighted by Gasteiger charge is 2.34. The Bertz CT molecular complexity index is 1460. The molecule has 4 heterocycles. The monoisotopic (exact) mass is 524 g/mol. The van der Waals surface area contributed by atoms with Gasteiger partial charge in [0.05, 0.1) is 18.8 Å². The molecular formula is C20H18ClFN6O6S. The molecule has 15 heteroatoms. The van der Waals surface area contributed by atoms with E-state index in [0.29, 0.717) is 34.4 Å². The minimum Gasteiger partial charge on any atom is -0.509 e. The molecule has 2 aliphatic heterocycles. The van der Waals surface area contributed by atoms with Crippen LogP contribution in [0.15, 0.2) is 48.6 Å². The van der Waals surface area contributed by atoms with E-state index in [1.54, 1.807) is 12.3 Å². The molecule has 0 saturated carbocycles. The molecule has 184 valence electrons. The summed E-state index contributed by atoms with van der Waals surface area (Å²) >= 11 is 6.33. The second-order valence-electron chi connectivity index (χ2n) is 7.93. The highest BCUT2D eigenvalue weighted by atomic mass is 35.5. The minimum absolute atomic E-state index is 0.0456. The summed E-state index contributed by atoms with van der Waals surface area (Å²) in [5.74, 6) is -0.0651. The van der Waals surface area contributed by atoms with Crippen molar-refractivity contribution in [2.45, 2.75) is 18.9 Å². The van der Waals surface area contributed by atoms with Crippen molar-refractivity contribution in [3.05, 3.63) is 65.0 Å². The first-order valence-corrected chi connectivity index (χ1v) is 12.1. The normalized spacial score (nSPS) is 18.0. The van der Waals surface area contributed by atoms with Crippen LogP contribution in [0.5, 0.6) is 0 Å². The Balaban J connectivity index is 1.54. The number of carbonyl (C=O) groups is 1. The summed E-state index contributed by atoms with van der Waals surface area (Å²) in [5.41, 5.74) is 0.480. The molecule has 3 aromatic rings. The summed E-state index contributed by atoms with van der Waals surface area (Å²) < 4.78 is 51.9. The number of hydrogen-bond donors (Lipinski definition) is 2. The molecule has 0 bridgehead atoms. The zero-order chi connectivity index (χ0) is 24.9. The van der Waals surface area contributed by atoms with Gasteiger partial charge in [0, 0.05) is 24.0 Å². The first kappa shape index (κ1) is 23.3. The Morgan fingerprint density at radius 2 is 2.09 bits per heavy atom. The molecule has 0 unspecified atom stereocenters. The van der Waals surface area contributed by atoms with E-state index in [1.165, 1.54) is 22.7 Å². The number of nitrogens with zero attached hydrogens (tertiary/aromatic N) is 6. The highest BCUT2D eigenvalue weighted by molar-refractivity contribution is 7.81. The lowest BCUT2D eigenvalue weighted by Gasteiger charge is -2.30. The molecule has 0 spiro atoms. The molecule has 2 aliphatic rings. The molecule has 2 N–H and O–H groups in total. The van der Waals surface area contributed by atoms with Crippen molar-refractivity contribution in [3.8, 4) is 0 Å². The Morgan fingerprint density at radius 1 is 1.31 bits per heavy atom. The third kappa shape index (κ3) is 4.48. The molecule has 1 fully saturated rings. The number of rotatable bonds is 5. The summed E-state index contributed by atoms with van der Waals surface area (Å²) in [6, 6.07) is 4.55. The van der Waals surface area contributed by atoms with Crippen LogP contribution in [0.25, 0.3) is 5.65 Å². The van der Waals surface area contributed by atoms with Crippen molar-refractivity contribution in [2.24, 2.45) is 0 Å². The van der Waals surface area contributed by atoms with Gasteiger partial charge in [-0.2, -0.15) is 13.5 Å².